The van der Waals surface area contributed by atoms with E-state index in [1.54, 1.807) is 6.07 Å². The number of nitrogens with zero attached hydrogens (tertiary/aromatic N) is 1. The molecule has 4 saturated carbocycles. The van der Waals surface area contributed by atoms with E-state index in [1.807, 2.05) is 0 Å². The third-order valence-electron chi connectivity index (χ3n) is 6.95. The molecule has 5 aliphatic rings. The molecule has 1 heterocycles. The first-order valence-corrected chi connectivity index (χ1v) is 10.3. The van der Waals surface area contributed by atoms with Crippen LogP contribution in [0.3, 0.4) is 0 Å². The van der Waals surface area contributed by atoms with Crippen LogP contribution in [0.1, 0.15) is 56.8 Å². The molecule has 4 bridgehead atoms. The second-order valence-corrected chi connectivity index (χ2v) is 9.00. The van der Waals surface area contributed by atoms with E-state index < -0.39 is 16.6 Å². The molecule has 150 valence electrons. The summed E-state index contributed by atoms with van der Waals surface area (Å²) in [6.07, 6.45) is 6.47. The molecular formula is C21H25NO6. The Bertz CT molecular complexity index is 765. The Kier molecular flexibility index (Phi) is 4.39. The highest BCUT2D eigenvalue weighted by molar-refractivity contribution is 5.81. The van der Waals surface area contributed by atoms with Gasteiger partial charge in [-0.2, -0.15) is 0 Å². The minimum Gasteiger partial charge on any atom is -0.419 e. The van der Waals surface area contributed by atoms with Crippen LogP contribution >= 0.6 is 0 Å². The van der Waals surface area contributed by atoms with Crippen molar-refractivity contribution in [2.45, 2.75) is 51.2 Å². The first-order chi connectivity index (χ1) is 13.5. The molecule has 1 aromatic rings. The van der Waals surface area contributed by atoms with Crippen LogP contribution in [0, 0.1) is 33.3 Å². The Morgan fingerprint density at radius 2 is 1.68 bits per heavy atom. The number of benzene rings is 1. The molecule has 28 heavy (non-hydrogen) atoms. The SMILES string of the molecule is O=C(Oc1ccc(C2OCCCO2)cc1[N+](=O)[O-])C12CC3CC(CC(C3)C1)C2. The van der Waals surface area contributed by atoms with E-state index in [9.17, 15) is 14.9 Å². The summed E-state index contributed by atoms with van der Waals surface area (Å²) in [6.45, 7) is 1.11. The fourth-order valence-electron chi connectivity index (χ4n) is 6.16. The first kappa shape index (κ1) is 18.1. The maximum atomic E-state index is 13.1. The van der Waals surface area contributed by atoms with Crippen molar-refractivity contribution in [2.75, 3.05) is 13.2 Å². The Balaban J connectivity index is 1.38. The Morgan fingerprint density at radius 1 is 1.07 bits per heavy atom. The molecule has 0 aromatic heterocycles. The second-order valence-electron chi connectivity index (χ2n) is 9.00. The van der Waals surface area contributed by atoms with Crippen LogP contribution in [0.2, 0.25) is 0 Å². The molecule has 0 atom stereocenters. The summed E-state index contributed by atoms with van der Waals surface area (Å²) in [5, 5.41) is 11.6. The molecule has 6 rings (SSSR count). The molecule has 0 N–H and O–H groups in total. The highest BCUT2D eigenvalue weighted by Crippen LogP contribution is 2.60. The number of rotatable bonds is 4. The fraction of sp³-hybridized carbons (Fsp3) is 0.667. The van der Waals surface area contributed by atoms with Crippen molar-refractivity contribution >= 4 is 11.7 Å². The topological polar surface area (TPSA) is 87.9 Å². The van der Waals surface area contributed by atoms with Crippen LogP contribution in [-0.2, 0) is 14.3 Å². The number of hydrogen-bond donors (Lipinski definition) is 0. The van der Waals surface area contributed by atoms with E-state index in [2.05, 4.69) is 0 Å². The number of carbonyl (C=O) groups is 1. The smallest absolute Gasteiger partial charge is 0.317 e. The molecule has 5 fully saturated rings. The zero-order chi connectivity index (χ0) is 19.3. The van der Waals surface area contributed by atoms with Gasteiger partial charge in [-0.05, 0) is 74.8 Å². The van der Waals surface area contributed by atoms with E-state index >= 15 is 0 Å². The summed E-state index contributed by atoms with van der Waals surface area (Å²) >= 11 is 0. The number of hydrogen-bond acceptors (Lipinski definition) is 6. The molecule has 4 aliphatic carbocycles. The van der Waals surface area contributed by atoms with Gasteiger partial charge in [0.2, 0.25) is 5.75 Å². The molecule has 7 nitrogen and oxygen atoms in total. The molecule has 0 unspecified atom stereocenters. The van der Waals surface area contributed by atoms with Crippen molar-refractivity contribution in [3.05, 3.63) is 33.9 Å². The molecule has 0 radical (unpaired) electrons. The first-order valence-electron chi connectivity index (χ1n) is 10.3. The van der Waals surface area contributed by atoms with Gasteiger partial charge in [-0.1, -0.05) is 0 Å². The number of ether oxygens (including phenoxy) is 3. The lowest BCUT2D eigenvalue weighted by Gasteiger charge is -2.55. The van der Waals surface area contributed by atoms with Crippen molar-refractivity contribution in [3.8, 4) is 5.75 Å². The maximum absolute atomic E-state index is 13.1. The quantitative estimate of drug-likeness (QED) is 0.334. The Hall–Kier alpha value is -1.99. The van der Waals surface area contributed by atoms with Gasteiger partial charge < -0.3 is 14.2 Å². The summed E-state index contributed by atoms with van der Waals surface area (Å²) in [4.78, 5) is 24.2. The van der Waals surface area contributed by atoms with Gasteiger partial charge in [0.15, 0.2) is 6.29 Å². The van der Waals surface area contributed by atoms with Crippen LogP contribution in [0.4, 0.5) is 5.69 Å². The largest absolute Gasteiger partial charge is 0.419 e. The van der Waals surface area contributed by atoms with Crippen LogP contribution < -0.4 is 4.74 Å². The Morgan fingerprint density at radius 3 is 2.25 bits per heavy atom. The molecule has 1 aliphatic heterocycles. The van der Waals surface area contributed by atoms with Gasteiger partial charge in [0.1, 0.15) is 0 Å². The normalized spacial score (nSPS) is 34.4. The fourth-order valence-corrected chi connectivity index (χ4v) is 6.16. The van der Waals surface area contributed by atoms with E-state index in [0.29, 0.717) is 36.5 Å². The van der Waals surface area contributed by atoms with Crippen molar-refractivity contribution < 1.29 is 23.9 Å². The standard InChI is InChI=1S/C21H25NO6/c23-20(21-10-13-6-14(11-21)8-15(7-13)12-21)28-18-3-2-16(9-17(18)22(24)25)19-26-4-1-5-27-19/h2-3,9,13-15,19H,1,4-8,10-12H2. The summed E-state index contributed by atoms with van der Waals surface area (Å²) in [7, 11) is 0. The molecule has 0 amide bonds. The van der Waals surface area contributed by atoms with Crippen LogP contribution in [0.25, 0.3) is 0 Å². The minimum absolute atomic E-state index is 0.0188. The van der Waals surface area contributed by atoms with Gasteiger partial charge in [0.05, 0.1) is 23.6 Å². The molecular weight excluding hydrogens is 362 g/mol. The predicted octanol–water partition coefficient (Wildman–Crippen LogP) is 4.15. The van der Waals surface area contributed by atoms with Gasteiger partial charge in [0, 0.05) is 11.6 Å². The van der Waals surface area contributed by atoms with Gasteiger partial charge in [-0.25, -0.2) is 0 Å². The van der Waals surface area contributed by atoms with E-state index in [-0.39, 0.29) is 17.4 Å². The number of esters is 1. The summed E-state index contributed by atoms with van der Waals surface area (Å²) in [5.74, 6) is 1.56. The highest BCUT2D eigenvalue weighted by atomic mass is 16.7. The van der Waals surface area contributed by atoms with Crippen LogP contribution in [0.15, 0.2) is 18.2 Å². The maximum Gasteiger partial charge on any atom is 0.317 e. The van der Waals surface area contributed by atoms with Crippen LogP contribution in [0.5, 0.6) is 5.75 Å². The van der Waals surface area contributed by atoms with Gasteiger partial charge in [-0.15, -0.1) is 0 Å². The van der Waals surface area contributed by atoms with Crippen molar-refractivity contribution in [1.29, 1.82) is 0 Å². The average Bonchev–Trinajstić information content (AvgIpc) is 2.67. The van der Waals surface area contributed by atoms with Gasteiger partial charge >= 0.3 is 11.7 Å². The lowest BCUT2D eigenvalue weighted by Crippen LogP contribution is -2.51. The summed E-state index contributed by atoms with van der Waals surface area (Å²) in [6, 6.07) is 4.59. The number of nitro benzene ring substituents is 1. The van der Waals surface area contributed by atoms with Gasteiger partial charge in [0.25, 0.3) is 0 Å². The Labute approximate surface area is 163 Å². The lowest BCUT2D eigenvalue weighted by molar-refractivity contribution is -0.385. The molecule has 1 saturated heterocycles. The molecule has 0 spiro atoms. The molecule has 1 aromatic carbocycles. The van der Waals surface area contributed by atoms with Crippen molar-refractivity contribution in [1.82, 2.24) is 0 Å². The lowest BCUT2D eigenvalue weighted by atomic mass is 9.49. The minimum atomic E-state index is -0.611. The number of carbonyl (C=O) groups excluding carboxylic acids is 1. The zero-order valence-electron chi connectivity index (χ0n) is 15.8. The van der Waals surface area contributed by atoms with E-state index in [4.69, 9.17) is 14.2 Å². The molecule has 7 heteroatoms. The second kappa shape index (κ2) is 6.81. The van der Waals surface area contributed by atoms with Crippen molar-refractivity contribution in [2.24, 2.45) is 23.2 Å². The average molecular weight is 387 g/mol. The van der Waals surface area contributed by atoms with E-state index in [1.165, 1.54) is 31.4 Å². The van der Waals surface area contributed by atoms with Gasteiger partial charge in [-0.3, -0.25) is 14.9 Å². The third-order valence-corrected chi connectivity index (χ3v) is 6.95. The predicted molar refractivity (Wildman–Crippen MR) is 98.6 cm³/mol. The summed E-state index contributed by atoms with van der Waals surface area (Å²) in [5.41, 5.74) is -0.0917. The zero-order valence-corrected chi connectivity index (χ0v) is 15.8. The monoisotopic (exact) mass is 387 g/mol. The van der Waals surface area contributed by atoms with Crippen LogP contribution in [-0.4, -0.2) is 24.1 Å². The van der Waals surface area contributed by atoms with Crippen molar-refractivity contribution in [3.63, 3.8) is 0 Å². The highest BCUT2D eigenvalue weighted by Gasteiger charge is 2.55. The van der Waals surface area contributed by atoms with E-state index in [0.717, 1.165) is 25.7 Å². The summed E-state index contributed by atoms with van der Waals surface area (Å²) < 4.78 is 16.7. The number of nitro groups is 1. The third kappa shape index (κ3) is 3.10.